The molecule has 29 heavy (non-hydrogen) atoms. The zero-order chi connectivity index (χ0) is 20.5. The molecule has 0 radical (unpaired) electrons. The SMILES string of the molecule is CCc1cc2c(Sc3nnc([C@@H](C)N(C)C)n3-c3ccc(F)cc3)ncnc2s1. The van der Waals surface area contributed by atoms with Gasteiger partial charge in [0.05, 0.1) is 6.04 Å². The van der Waals surface area contributed by atoms with Crippen LogP contribution in [0.1, 0.15) is 30.6 Å². The highest BCUT2D eigenvalue weighted by atomic mass is 32.2. The predicted octanol–water partition coefficient (Wildman–Crippen LogP) is 4.75. The first-order valence-corrected chi connectivity index (χ1v) is 10.9. The van der Waals surface area contributed by atoms with Crippen LogP contribution in [0.25, 0.3) is 15.9 Å². The fraction of sp³-hybridized carbons (Fsp3) is 0.300. The molecule has 1 aromatic carbocycles. The van der Waals surface area contributed by atoms with E-state index in [2.05, 4.69) is 45.0 Å². The monoisotopic (exact) mass is 428 g/mol. The lowest BCUT2D eigenvalue weighted by Crippen LogP contribution is -2.20. The summed E-state index contributed by atoms with van der Waals surface area (Å²) in [7, 11) is 3.99. The maximum Gasteiger partial charge on any atom is 0.202 e. The van der Waals surface area contributed by atoms with E-state index >= 15 is 0 Å². The average Bonchev–Trinajstić information content (AvgIpc) is 3.32. The van der Waals surface area contributed by atoms with E-state index < -0.39 is 0 Å². The highest BCUT2D eigenvalue weighted by molar-refractivity contribution is 7.99. The number of aromatic nitrogens is 5. The van der Waals surface area contributed by atoms with Crippen molar-refractivity contribution >= 4 is 33.3 Å². The van der Waals surface area contributed by atoms with Crippen molar-refractivity contribution < 1.29 is 4.39 Å². The quantitative estimate of drug-likeness (QED) is 0.413. The molecule has 0 amide bonds. The van der Waals surface area contributed by atoms with Crippen molar-refractivity contribution in [2.75, 3.05) is 14.1 Å². The number of aryl methyl sites for hydroxylation is 1. The first kappa shape index (κ1) is 19.9. The third-order valence-corrected chi connectivity index (χ3v) is 6.92. The molecule has 0 saturated heterocycles. The van der Waals surface area contributed by atoms with Crippen molar-refractivity contribution in [1.82, 2.24) is 29.6 Å². The van der Waals surface area contributed by atoms with E-state index in [1.807, 2.05) is 18.7 Å². The summed E-state index contributed by atoms with van der Waals surface area (Å²) in [5, 5.41) is 11.4. The minimum absolute atomic E-state index is 0.0279. The number of halogens is 1. The lowest BCUT2D eigenvalue weighted by molar-refractivity contribution is 0.305. The maximum absolute atomic E-state index is 13.5. The Morgan fingerprint density at radius 2 is 1.93 bits per heavy atom. The van der Waals surface area contributed by atoms with Crippen molar-refractivity contribution in [2.45, 2.75) is 36.5 Å². The Kier molecular flexibility index (Phi) is 5.62. The zero-order valence-electron chi connectivity index (χ0n) is 16.6. The molecular formula is C20H21FN6S2. The molecule has 3 aromatic heterocycles. The van der Waals surface area contributed by atoms with Gasteiger partial charge in [0.1, 0.15) is 22.0 Å². The Morgan fingerprint density at radius 3 is 2.62 bits per heavy atom. The number of rotatable bonds is 6. The lowest BCUT2D eigenvalue weighted by atomic mass is 10.2. The van der Waals surface area contributed by atoms with Gasteiger partial charge in [-0.1, -0.05) is 6.92 Å². The molecule has 150 valence electrons. The van der Waals surface area contributed by atoms with Crippen LogP contribution in [0.3, 0.4) is 0 Å². The summed E-state index contributed by atoms with van der Waals surface area (Å²) in [4.78, 5) is 13.2. The first-order chi connectivity index (χ1) is 14.0. The van der Waals surface area contributed by atoms with Crippen LogP contribution in [0, 0.1) is 5.82 Å². The molecule has 9 heteroatoms. The fourth-order valence-corrected chi connectivity index (χ4v) is 4.82. The molecule has 0 aliphatic heterocycles. The van der Waals surface area contributed by atoms with E-state index in [-0.39, 0.29) is 11.9 Å². The molecule has 0 unspecified atom stereocenters. The second-order valence-electron chi connectivity index (χ2n) is 6.86. The van der Waals surface area contributed by atoms with Crippen LogP contribution in [0.15, 0.2) is 46.8 Å². The highest BCUT2D eigenvalue weighted by Crippen LogP contribution is 2.36. The van der Waals surface area contributed by atoms with Gasteiger partial charge in [-0.3, -0.25) is 9.47 Å². The van der Waals surface area contributed by atoms with E-state index in [1.54, 1.807) is 29.8 Å². The number of nitrogens with zero attached hydrogens (tertiary/aromatic N) is 6. The number of fused-ring (bicyclic) bond motifs is 1. The van der Waals surface area contributed by atoms with Gasteiger partial charge in [-0.05, 0) is 69.5 Å². The number of benzene rings is 1. The van der Waals surface area contributed by atoms with Crippen LogP contribution in [-0.2, 0) is 6.42 Å². The van der Waals surface area contributed by atoms with E-state index in [0.717, 1.165) is 33.2 Å². The summed E-state index contributed by atoms with van der Waals surface area (Å²) in [5.74, 6) is 0.509. The number of thiophene rings is 1. The van der Waals surface area contributed by atoms with Gasteiger partial charge >= 0.3 is 0 Å². The Bertz CT molecular complexity index is 1140. The third-order valence-electron chi connectivity index (χ3n) is 4.77. The van der Waals surface area contributed by atoms with Gasteiger partial charge < -0.3 is 0 Å². The van der Waals surface area contributed by atoms with Crippen LogP contribution in [-0.4, -0.2) is 43.7 Å². The van der Waals surface area contributed by atoms with Crippen molar-refractivity contribution in [3.63, 3.8) is 0 Å². The molecule has 1 atom stereocenters. The molecule has 0 aliphatic carbocycles. The van der Waals surface area contributed by atoms with E-state index in [9.17, 15) is 4.39 Å². The highest BCUT2D eigenvalue weighted by Gasteiger charge is 2.22. The van der Waals surface area contributed by atoms with Gasteiger partial charge in [0.2, 0.25) is 5.16 Å². The molecule has 4 aromatic rings. The van der Waals surface area contributed by atoms with Crippen LogP contribution >= 0.6 is 23.1 Å². The molecule has 3 heterocycles. The second kappa shape index (κ2) is 8.17. The van der Waals surface area contributed by atoms with Crippen molar-refractivity contribution in [1.29, 1.82) is 0 Å². The molecule has 0 fully saturated rings. The first-order valence-electron chi connectivity index (χ1n) is 9.27. The standard InChI is InChI=1S/C20H21FN6S2/c1-5-15-10-16-18(28-15)22-11-23-19(16)29-20-25-24-17(12(2)26(3)4)27(20)14-8-6-13(21)7-9-14/h6-12H,5H2,1-4H3/t12-/m1/s1. The summed E-state index contributed by atoms with van der Waals surface area (Å²) in [6.07, 6.45) is 2.55. The van der Waals surface area contributed by atoms with Gasteiger partial charge in [0.15, 0.2) is 5.82 Å². The maximum atomic E-state index is 13.5. The largest absolute Gasteiger partial charge is 0.300 e. The number of hydrogen-bond donors (Lipinski definition) is 0. The van der Waals surface area contributed by atoms with Crippen LogP contribution < -0.4 is 0 Å². The van der Waals surface area contributed by atoms with Gasteiger partial charge in [0, 0.05) is 16.0 Å². The van der Waals surface area contributed by atoms with E-state index in [4.69, 9.17) is 0 Å². The van der Waals surface area contributed by atoms with Crippen LogP contribution in [0.2, 0.25) is 0 Å². The van der Waals surface area contributed by atoms with Crippen LogP contribution in [0.5, 0.6) is 0 Å². The van der Waals surface area contributed by atoms with Crippen LogP contribution in [0.4, 0.5) is 4.39 Å². The lowest BCUT2D eigenvalue weighted by Gasteiger charge is -2.20. The van der Waals surface area contributed by atoms with Gasteiger partial charge in [0.25, 0.3) is 0 Å². The summed E-state index contributed by atoms with van der Waals surface area (Å²) < 4.78 is 15.5. The van der Waals surface area contributed by atoms with Gasteiger partial charge in [-0.15, -0.1) is 21.5 Å². The summed E-state index contributed by atoms with van der Waals surface area (Å²) in [6, 6.07) is 8.55. The van der Waals surface area contributed by atoms with Gasteiger partial charge in [-0.25, -0.2) is 14.4 Å². The molecule has 0 saturated carbocycles. The minimum atomic E-state index is -0.277. The molecule has 0 bridgehead atoms. The molecular weight excluding hydrogens is 407 g/mol. The average molecular weight is 429 g/mol. The topological polar surface area (TPSA) is 59.7 Å². The summed E-state index contributed by atoms with van der Waals surface area (Å²) in [5.41, 5.74) is 0.812. The Balaban J connectivity index is 1.82. The molecule has 0 spiro atoms. The molecule has 0 aliphatic rings. The molecule has 6 nitrogen and oxygen atoms in total. The summed E-state index contributed by atoms with van der Waals surface area (Å²) in [6.45, 7) is 4.19. The van der Waals surface area contributed by atoms with Gasteiger partial charge in [-0.2, -0.15) is 0 Å². The Hall–Kier alpha value is -2.36. The molecule has 0 N–H and O–H groups in total. The minimum Gasteiger partial charge on any atom is -0.300 e. The van der Waals surface area contributed by atoms with Crippen molar-refractivity contribution in [3.05, 3.63) is 53.2 Å². The van der Waals surface area contributed by atoms with Crippen molar-refractivity contribution in [2.24, 2.45) is 0 Å². The normalized spacial score (nSPS) is 12.8. The van der Waals surface area contributed by atoms with E-state index in [0.29, 0.717) is 5.16 Å². The van der Waals surface area contributed by atoms with Crippen molar-refractivity contribution in [3.8, 4) is 5.69 Å². The Labute approximate surface area is 176 Å². The molecule has 4 rings (SSSR count). The van der Waals surface area contributed by atoms with E-state index in [1.165, 1.54) is 28.8 Å². The fourth-order valence-electron chi connectivity index (χ4n) is 2.91. The Morgan fingerprint density at radius 1 is 1.17 bits per heavy atom. The number of hydrogen-bond acceptors (Lipinski definition) is 7. The predicted molar refractivity (Wildman–Crippen MR) is 114 cm³/mol. The summed E-state index contributed by atoms with van der Waals surface area (Å²) >= 11 is 3.13. The third kappa shape index (κ3) is 3.90. The second-order valence-corrected chi connectivity index (χ2v) is 8.93. The smallest absolute Gasteiger partial charge is 0.202 e. The zero-order valence-corrected chi connectivity index (χ0v) is 18.3.